The summed E-state index contributed by atoms with van der Waals surface area (Å²) in [7, 11) is 3.08. The number of rotatable bonds is 11. The van der Waals surface area contributed by atoms with Gasteiger partial charge in [-0.2, -0.15) is 0 Å². The molecule has 0 heterocycles. The number of methoxy groups -OCH3 is 2. The molecule has 4 aromatic carbocycles. The van der Waals surface area contributed by atoms with Gasteiger partial charge in [-0.05, 0) is 60.4 Å². The summed E-state index contributed by atoms with van der Waals surface area (Å²) in [5, 5.41) is 12.1. The van der Waals surface area contributed by atoms with E-state index in [2.05, 4.69) is 103 Å². The molecule has 1 unspecified atom stereocenters. The van der Waals surface area contributed by atoms with Crippen LogP contribution in [0.2, 0.25) is 0 Å². The Labute approximate surface area is 243 Å². The number of carboxylic acids is 1. The van der Waals surface area contributed by atoms with E-state index in [1.807, 2.05) is 0 Å². The Morgan fingerprint density at radius 1 is 0.775 bits per heavy atom. The lowest BCUT2D eigenvalue weighted by Gasteiger charge is -2.20. The molecular formula is C34H38ClNO4. The molecular weight excluding hydrogens is 522 g/mol. The Balaban J connectivity index is 0.000000304. The number of benzene rings is 4. The third-order valence-electron chi connectivity index (χ3n) is 6.41. The molecule has 5 nitrogen and oxygen atoms in total. The van der Waals surface area contributed by atoms with Gasteiger partial charge in [-0.3, -0.25) is 0 Å². The van der Waals surface area contributed by atoms with Gasteiger partial charge in [-0.1, -0.05) is 97.1 Å². The van der Waals surface area contributed by atoms with E-state index in [1.54, 1.807) is 25.3 Å². The Kier molecular flexibility index (Phi) is 14.1. The van der Waals surface area contributed by atoms with E-state index in [-0.39, 0.29) is 12.4 Å². The molecule has 0 aromatic heterocycles. The predicted molar refractivity (Wildman–Crippen MR) is 166 cm³/mol. The van der Waals surface area contributed by atoms with Crippen LogP contribution in [0.1, 0.15) is 47.6 Å². The van der Waals surface area contributed by atoms with Crippen molar-refractivity contribution in [2.75, 3.05) is 20.8 Å². The third-order valence-corrected chi connectivity index (χ3v) is 6.41. The van der Waals surface area contributed by atoms with E-state index in [1.165, 1.54) is 29.9 Å². The van der Waals surface area contributed by atoms with E-state index in [0.717, 1.165) is 24.6 Å². The molecule has 0 bridgehead atoms. The smallest absolute Gasteiger partial charge is 0.328 e. The Morgan fingerprint density at radius 2 is 1.27 bits per heavy atom. The van der Waals surface area contributed by atoms with Gasteiger partial charge in [-0.25, -0.2) is 4.79 Å². The maximum atomic E-state index is 10.3. The molecule has 0 aliphatic heterocycles. The number of carbonyl (C=O) groups is 1. The molecule has 6 heteroatoms. The average molecular weight is 560 g/mol. The quantitative estimate of drug-likeness (QED) is 0.184. The van der Waals surface area contributed by atoms with Crippen molar-refractivity contribution < 1.29 is 19.4 Å². The lowest BCUT2D eigenvalue weighted by atomic mass is 9.88. The summed E-state index contributed by atoms with van der Waals surface area (Å²) in [5.41, 5.74) is 4.86. The maximum absolute atomic E-state index is 10.3. The highest BCUT2D eigenvalue weighted by molar-refractivity contribution is 5.85. The van der Waals surface area contributed by atoms with Crippen LogP contribution in [-0.2, 0) is 4.79 Å². The fourth-order valence-electron chi connectivity index (χ4n) is 4.32. The van der Waals surface area contributed by atoms with Crippen LogP contribution in [0, 0.1) is 0 Å². The highest BCUT2D eigenvalue weighted by Gasteiger charge is 2.14. The van der Waals surface area contributed by atoms with Crippen molar-refractivity contribution in [2.45, 2.75) is 25.3 Å². The molecule has 0 aliphatic rings. The van der Waals surface area contributed by atoms with Crippen molar-refractivity contribution in [3.05, 3.63) is 138 Å². The van der Waals surface area contributed by atoms with E-state index in [9.17, 15) is 4.79 Å². The van der Waals surface area contributed by atoms with Crippen molar-refractivity contribution in [3.63, 3.8) is 0 Å². The number of nitrogens with one attached hydrogen (secondary N) is 1. The minimum Gasteiger partial charge on any atom is -0.493 e. The molecule has 4 aromatic rings. The van der Waals surface area contributed by atoms with Gasteiger partial charge in [0.25, 0.3) is 0 Å². The fraction of sp³-hybridized carbons (Fsp3) is 0.206. The molecule has 0 amide bonds. The summed E-state index contributed by atoms with van der Waals surface area (Å²) in [4.78, 5) is 10.3. The fourth-order valence-corrected chi connectivity index (χ4v) is 4.32. The van der Waals surface area contributed by atoms with Crippen LogP contribution in [-0.4, -0.2) is 31.8 Å². The highest BCUT2D eigenvalue weighted by Crippen LogP contribution is 2.28. The van der Waals surface area contributed by atoms with Gasteiger partial charge in [0.05, 0.1) is 14.2 Å². The van der Waals surface area contributed by atoms with Crippen LogP contribution in [0.25, 0.3) is 6.08 Å². The summed E-state index contributed by atoms with van der Waals surface area (Å²) < 4.78 is 10.1. The van der Waals surface area contributed by atoms with Crippen LogP contribution in [0.5, 0.6) is 11.5 Å². The van der Waals surface area contributed by atoms with E-state index < -0.39 is 5.97 Å². The van der Waals surface area contributed by atoms with Crippen LogP contribution < -0.4 is 14.8 Å². The molecule has 1 atom stereocenters. The first kappa shape index (κ1) is 32.2. The van der Waals surface area contributed by atoms with Gasteiger partial charge in [-0.15, -0.1) is 12.4 Å². The second-order valence-corrected chi connectivity index (χ2v) is 9.04. The molecule has 0 aliphatic carbocycles. The summed E-state index contributed by atoms with van der Waals surface area (Å²) >= 11 is 0. The molecule has 0 saturated carbocycles. The maximum Gasteiger partial charge on any atom is 0.328 e. The van der Waals surface area contributed by atoms with Crippen LogP contribution >= 0.6 is 12.4 Å². The minimum atomic E-state index is -0.982. The molecule has 210 valence electrons. The van der Waals surface area contributed by atoms with E-state index in [4.69, 9.17) is 14.6 Å². The normalized spacial score (nSPS) is 11.2. The number of hydrogen-bond donors (Lipinski definition) is 2. The van der Waals surface area contributed by atoms with Crippen molar-refractivity contribution >= 4 is 24.5 Å². The standard InChI is InChI=1S/C23H25N.C11H12O4.ClH/c1-19(20-11-5-2-6-12-20)24-18-17-23(21-13-7-3-8-14-21)22-15-9-4-10-16-22;1-14-9-5-3-8(4-6-11(12)13)7-10(9)15-2;/h2-16,19,23-24H,17-18H2,1H3;3-7H,1-2H3,(H,12,13);1H. The second-order valence-electron chi connectivity index (χ2n) is 9.04. The van der Waals surface area contributed by atoms with Gasteiger partial charge in [0, 0.05) is 18.0 Å². The van der Waals surface area contributed by atoms with Crippen LogP contribution in [0.3, 0.4) is 0 Å². The number of halogens is 1. The predicted octanol–water partition coefficient (Wildman–Crippen LogP) is 7.78. The van der Waals surface area contributed by atoms with Crippen molar-refractivity contribution in [1.82, 2.24) is 5.32 Å². The Morgan fingerprint density at radius 3 is 1.75 bits per heavy atom. The molecule has 0 fully saturated rings. The topological polar surface area (TPSA) is 67.8 Å². The SMILES string of the molecule is CC(NCCC(c1ccccc1)c1ccccc1)c1ccccc1.COc1ccc(C=CC(=O)O)cc1OC.Cl. The van der Waals surface area contributed by atoms with Crippen LogP contribution in [0.15, 0.2) is 115 Å². The van der Waals surface area contributed by atoms with Crippen molar-refractivity contribution in [2.24, 2.45) is 0 Å². The van der Waals surface area contributed by atoms with Crippen LogP contribution in [0.4, 0.5) is 0 Å². The van der Waals surface area contributed by atoms with Gasteiger partial charge in [0.15, 0.2) is 11.5 Å². The monoisotopic (exact) mass is 559 g/mol. The zero-order chi connectivity index (χ0) is 27.9. The molecule has 2 N–H and O–H groups in total. The largest absolute Gasteiger partial charge is 0.493 e. The lowest BCUT2D eigenvalue weighted by Crippen LogP contribution is -2.21. The minimum absolute atomic E-state index is 0. The third kappa shape index (κ3) is 10.3. The number of ether oxygens (including phenoxy) is 2. The number of aliphatic carboxylic acids is 1. The lowest BCUT2D eigenvalue weighted by molar-refractivity contribution is -0.131. The molecule has 0 saturated heterocycles. The Bertz CT molecular complexity index is 1260. The van der Waals surface area contributed by atoms with Gasteiger partial charge < -0.3 is 19.9 Å². The summed E-state index contributed by atoms with van der Waals surface area (Å²) in [6, 6.07) is 37.8. The first-order chi connectivity index (χ1) is 19.0. The van der Waals surface area contributed by atoms with Gasteiger partial charge in [0.1, 0.15) is 0 Å². The molecule has 40 heavy (non-hydrogen) atoms. The summed E-state index contributed by atoms with van der Waals surface area (Å²) in [5.74, 6) is 0.641. The first-order valence-corrected chi connectivity index (χ1v) is 13.0. The number of carboxylic acid groups (broad SMARTS) is 1. The molecule has 0 radical (unpaired) electrons. The molecule has 0 spiro atoms. The first-order valence-electron chi connectivity index (χ1n) is 13.0. The summed E-state index contributed by atoms with van der Waals surface area (Å²) in [6.45, 7) is 3.22. The van der Waals surface area contributed by atoms with E-state index in [0.29, 0.717) is 23.5 Å². The van der Waals surface area contributed by atoms with Crippen molar-refractivity contribution in [1.29, 1.82) is 0 Å². The Hall–Kier alpha value is -4.06. The zero-order valence-corrected chi connectivity index (χ0v) is 24.0. The summed E-state index contributed by atoms with van der Waals surface area (Å²) in [6.07, 6.45) is 3.65. The van der Waals surface area contributed by atoms with Gasteiger partial charge in [0.2, 0.25) is 0 Å². The molecule has 4 rings (SSSR count). The highest BCUT2D eigenvalue weighted by atomic mass is 35.5. The van der Waals surface area contributed by atoms with Crippen molar-refractivity contribution in [3.8, 4) is 11.5 Å². The average Bonchev–Trinajstić information content (AvgIpc) is 2.99. The van der Waals surface area contributed by atoms with Gasteiger partial charge >= 0.3 is 5.97 Å². The van der Waals surface area contributed by atoms with E-state index >= 15 is 0 Å². The zero-order valence-electron chi connectivity index (χ0n) is 23.2. The number of hydrogen-bond acceptors (Lipinski definition) is 4. The second kappa shape index (κ2) is 17.5.